The first-order chi connectivity index (χ1) is 0. The zero-order valence-corrected chi connectivity index (χ0v) is 4.98. The third-order valence-corrected chi connectivity index (χ3v) is 0. The van der Waals surface area contributed by atoms with Crippen molar-refractivity contribution in [2.45, 2.75) is 0 Å². The molecule has 0 aromatic carbocycles. The van der Waals surface area contributed by atoms with Crippen molar-refractivity contribution in [3.05, 3.63) is 0 Å². The zero-order chi connectivity index (χ0) is 0. The molecule has 0 spiro atoms. The van der Waals surface area contributed by atoms with Crippen LogP contribution < -0.4 is 37.7 Å². The molecule has 0 bridgehead atoms. The Hall–Kier alpha value is 1.60. The summed E-state index contributed by atoms with van der Waals surface area (Å²) < 4.78 is 0. The van der Waals surface area contributed by atoms with Crippen LogP contribution in [0.3, 0.4) is 0 Å². The number of hydrogen-bond donors (Lipinski definition) is 0. The fourth-order valence-corrected chi connectivity index (χ4v) is 0. The minimum Gasteiger partial charge on any atom is -1.00 e. The van der Waals surface area contributed by atoms with Crippen LogP contribution >= 0.6 is 0 Å². The predicted octanol–water partition coefficient (Wildman–Crippen LogP) is -15.0. The van der Waals surface area contributed by atoms with Gasteiger partial charge in [-0.25, -0.2) is 0 Å². The van der Waals surface area contributed by atoms with Gasteiger partial charge in [-0.05, 0) is 0 Å². The molecule has 0 aliphatic heterocycles. The largest absolute Gasteiger partial charge is 3.00 e. The van der Waals surface area contributed by atoms with Gasteiger partial charge in [0.1, 0.15) is 0 Å². The van der Waals surface area contributed by atoms with E-state index in [0.29, 0.717) is 0 Å². The molecular formula is F4LiTb. The molecule has 0 aromatic rings. The first-order valence-electron chi connectivity index (χ1n) is 0. The molecule has 0 saturated heterocycles. The molecule has 0 amide bonds. The number of halogens is 4. The van der Waals surface area contributed by atoms with Crippen molar-refractivity contribution < 1.29 is 76.3 Å². The van der Waals surface area contributed by atoms with Gasteiger partial charge in [0.25, 0.3) is 0 Å². The predicted molar refractivity (Wildman–Crippen MR) is 0 cm³/mol. The van der Waals surface area contributed by atoms with Crippen molar-refractivity contribution >= 4 is 0 Å². The molecule has 38 valence electrons. The van der Waals surface area contributed by atoms with Crippen LogP contribution in [0.5, 0.6) is 0 Å². The van der Waals surface area contributed by atoms with Crippen molar-refractivity contribution in [1.82, 2.24) is 0 Å². The second-order valence-electron chi connectivity index (χ2n) is 0. The first kappa shape index (κ1) is 129. The van der Waals surface area contributed by atoms with E-state index in [2.05, 4.69) is 0 Å². The van der Waals surface area contributed by atoms with Gasteiger partial charge in [-0.15, -0.1) is 0 Å². The summed E-state index contributed by atoms with van der Waals surface area (Å²) in [6.07, 6.45) is 0. The van der Waals surface area contributed by atoms with E-state index in [9.17, 15) is 0 Å². The van der Waals surface area contributed by atoms with Crippen LogP contribution in [0.4, 0.5) is 0 Å². The van der Waals surface area contributed by atoms with Gasteiger partial charge >= 0.3 is 57.5 Å². The van der Waals surface area contributed by atoms with E-state index in [1.54, 1.807) is 0 Å². The molecule has 0 unspecified atom stereocenters. The molecule has 0 atom stereocenters. The topological polar surface area (TPSA) is 0 Å². The maximum atomic E-state index is 0. The van der Waals surface area contributed by atoms with Crippen LogP contribution in [0, 0.1) is 38.6 Å². The van der Waals surface area contributed by atoms with Crippen LogP contribution in [-0.4, -0.2) is 0 Å². The van der Waals surface area contributed by atoms with Gasteiger partial charge in [0, 0.05) is 0 Å². The van der Waals surface area contributed by atoms with E-state index >= 15 is 0 Å². The van der Waals surface area contributed by atoms with Crippen molar-refractivity contribution in [2.24, 2.45) is 0 Å². The van der Waals surface area contributed by atoms with Gasteiger partial charge in [0.2, 0.25) is 0 Å². The van der Waals surface area contributed by atoms with Crippen molar-refractivity contribution in [3.63, 3.8) is 0 Å². The quantitative estimate of drug-likeness (QED) is 0.292. The number of hydrogen-bond acceptors (Lipinski definition) is 0. The normalized spacial score (nSPS) is 0. The average molecular weight is 242 g/mol. The smallest absolute Gasteiger partial charge is 1.00 e. The Kier molecular flexibility index (Phi) is 1730. The summed E-state index contributed by atoms with van der Waals surface area (Å²) >= 11 is 0. The molecule has 0 aliphatic rings. The van der Waals surface area contributed by atoms with Crippen LogP contribution in [-0.2, 0) is 0 Å². The Morgan fingerprint density at radius 3 is 0.500 bits per heavy atom. The van der Waals surface area contributed by atoms with Crippen LogP contribution in [0.1, 0.15) is 0 Å². The molecule has 0 N–H and O–H groups in total. The first-order valence-corrected chi connectivity index (χ1v) is 0. The summed E-state index contributed by atoms with van der Waals surface area (Å²) in [6, 6.07) is 0. The maximum Gasteiger partial charge on any atom is 3.00 e. The molecule has 0 radical (unpaired) electrons. The molecule has 0 heterocycles. The number of rotatable bonds is 0. The molecule has 0 aliphatic carbocycles. The van der Waals surface area contributed by atoms with Gasteiger partial charge in [-0.2, -0.15) is 0 Å². The molecule has 0 rings (SSSR count). The summed E-state index contributed by atoms with van der Waals surface area (Å²) in [5.74, 6) is 0. The standard InChI is InChI=1S/4FH.Li.Tb/h4*1H;;/q;;;;+1;+3/p-4. The van der Waals surface area contributed by atoms with E-state index < -0.39 is 0 Å². The summed E-state index contributed by atoms with van der Waals surface area (Å²) in [5.41, 5.74) is 0. The van der Waals surface area contributed by atoms with E-state index in [1.807, 2.05) is 0 Å². The zero-order valence-electron chi connectivity index (χ0n) is 2.85. The molecule has 0 fully saturated rings. The molecule has 0 aromatic heterocycles. The Bertz CT molecular complexity index is 7.51. The second-order valence-corrected chi connectivity index (χ2v) is 0. The fraction of sp³-hybridized carbons (Fsp3) is 0. The van der Waals surface area contributed by atoms with Crippen LogP contribution in [0.25, 0.3) is 0 Å². The molecule has 0 nitrogen and oxygen atoms in total. The molecule has 6 heteroatoms. The minimum absolute atomic E-state index is 0. The summed E-state index contributed by atoms with van der Waals surface area (Å²) in [6.45, 7) is 0. The van der Waals surface area contributed by atoms with E-state index in [1.165, 1.54) is 0 Å². The summed E-state index contributed by atoms with van der Waals surface area (Å²) in [7, 11) is 0. The average Bonchev–Trinajstić information content (AvgIpc) is 0. The molecule has 0 saturated carbocycles. The third-order valence-electron chi connectivity index (χ3n) is 0. The van der Waals surface area contributed by atoms with E-state index in [-0.39, 0.29) is 76.3 Å². The van der Waals surface area contributed by atoms with E-state index in [4.69, 9.17) is 0 Å². The molecule has 6 heavy (non-hydrogen) atoms. The summed E-state index contributed by atoms with van der Waals surface area (Å²) in [5, 5.41) is 0. The Labute approximate surface area is 75.5 Å². The Morgan fingerprint density at radius 1 is 0.500 bits per heavy atom. The third kappa shape index (κ3) is 46.2. The SMILES string of the molecule is [F-].[F-].[F-].[F-].[Li+].[Tb+3]. The Balaban J connectivity index is 0. The van der Waals surface area contributed by atoms with Crippen molar-refractivity contribution in [3.8, 4) is 0 Å². The summed E-state index contributed by atoms with van der Waals surface area (Å²) in [4.78, 5) is 0. The Morgan fingerprint density at radius 2 is 0.500 bits per heavy atom. The van der Waals surface area contributed by atoms with Crippen molar-refractivity contribution in [2.75, 3.05) is 0 Å². The second kappa shape index (κ2) is 80.7. The molecular weight excluding hydrogens is 242 g/mol. The van der Waals surface area contributed by atoms with Crippen LogP contribution in [0.2, 0.25) is 0 Å². The fourth-order valence-electron chi connectivity index (χ4n) is 0. The van der Waals surface area contributed by atoms with Gasteiger partial charge in [0.15, 0.2) is 0 Å². The van der Waals surface area contributed by atoms with Crippen LogP contribution in [0.15, 0.2) is 0 Å². The van der Waals surface area contributed by atoms with Crippen molar-refractivity contribution in [1.29, 1.82) is 0 Å². The monoisotopic (exact) mass is 242 g/mol. The van der Waals surface area contributed by atoms with E-state index in [0.717, 1.165) is 0 Å². The minimum atomic E-state index is 0. The van der Waals surface area contributed by atoms with Gasteiger partial charge < -0.3 is 18.8 Å². The van der Waals surface area contributed by atoms with Gasteiger partial charge in [0.05, 0.1) is 0 Å². The van der Waals surface area contributed by atoms with Gasteiger partial charge in [-0.1, -0.05) is 0 Å². The van der Waals surface area contributed by atoms with Gasteiger partial charge in [-0.3, -0.25) is 0 Å². The maximum absolute atomic E-state index is 0.